The Hall–Kier alpha value is -1.55. The Morgan fingerprint density at radius 2 is 2.06 bits per heavy atom. The Bertz CT molecular complexity index is 390. The third kappa shape index (κ3) is 4.37. The summed E-state index contributed by atoms with van der Waals surface area (Å²) in [6, 6.07) is 7.97. The highest BCUT2D eigenvalue weighted by Gasteiger charge is 2.16. The molecule has 0 bridgehead atoms. The van der Waals surface area contributed by atoms with Crippen molar-refractivity contribution in [3.05, 3.63) is 29.8 Å². The first-order valence-electron chi connectivity index (χ1n) is 6.29. The van der Waals surface area contributed by atoms with Crippen molar-refractivity contribution in [1.82, 2.24) is 0 Å². The number of para-hydroxylation sites is 1. The highest BCUT2D eigenvalue weighted by Crippen LogP contribution is 2.16. The van der Waals surface area contributed by atoms with Gasteiger partial charge in [-0.2, -0.15) is 0 Å². The van der Waals surface area contributed by atoms with Gasteiger partial charge >= 0.3 is 0 Å². The summed E-state index contributed by atoms with van der Waals surface area (Å²) in [5.41, 5.74) is 1.03. The molecule has 100 valence electrons. The number of hydrogen-bond donors (Lipinski definition) is 1. The van der Waals surface area contributed by atoms with Crippen LogP contribution in [0.4, 0.5) is 0 Å². The van der Waals surface area contributed by atoms with Crippen LogP contribution in [0.15, 0.2) is 24.3 Å². The van der Waals surface area contributed by atoms with Crippen LogP contribution < -0.4 is 14.7 Å². The van der Waals surface area contributed by atoms with Crippen LogP contribution in [0.25, 0.3) is 0 Å². The molecule has 0 fully saturated rings. The van der Waals surface area contributed by atoms with Gasteiger partial charge in [0.25, 0.3) is 0 Å². The minimum atomic E-state index is -1.02. The van der Waals surface area contributed by atoms with Crippen molar-refractivity contribution >= 4 is 5.97 Å². The van der Waals surface area contributed by atoms with E-state index >= 15 is 0 Å². The van der Waals surface area contributed by atoms with Crippen LogP contribution in [0.5, 0.6) is 5.75 Å². The number of rotatable bonds is 7. The van der Waals surface area contributed by atoms with Gasteiger partial charge in [0.1, 0.15) is 18.8 Å². The normalized spacial score (nSPS) is 12.4. The lowest BCUT2D eigenvalue weighted by Crippen LogP contribution is -3.15. The number of benzene rings is 1. The molecule has 0 aliphatic heterocycles. The number of nitrogens with one attached hydrogen (secondary N) is 1. The van der Waals surface area contributed by atoms with E-state index in [-0.39, 0.29) is 12.6 Å². The van der Waals surface area contributed by atoms with E-state index in [1.165, 1.54) is 0 Å². The van der Waals surface area contributed by atoms with E-state index in [9.17, 15) is 9.90 Å². The zero-order valence-corrected chi connectivity index (χ0v) is 11.2. The molecule has 0 saturated carbocycles. The molecule has 0 radical (unpaired) electrons. The topological polar surface area (TPSA) is 53.8 Å². The summed E-state index contributed by atoms with van der Waals surface area (Å²) in [4.78, 5) is 11.7. The summed E-state index contributed by atoms with van der Waals surface area (Å²) in [7, 11) is 0. The fourth-order valence-corrected chi connectivity index (χ4v) is 1.85. The summed E-state index contributed by atoms with van der Waals surface area (Å²) in [6.07, 6.45) is 0. The number of carboxylic acid groups (broad SMARTS) is 1. The zero-order valence-electron chi connectivity index (χ0n) is 11.2. The first-order chi connectivity index (χ1) is 8.54. The van der Waals surface area contributed by atoms with E-state index in [1.54, 1.807) is 0 Å². The number of carbonyl (C=O) groups is 1. The van der Waals surface area contributed by atoms with Crippen molar-refractivity contribution in [3.8, 4) is 5.75 Å². The maximum absolute atomic E-state index is 10.8. The summed E-state index contributed by atoms with van der Waals surface area (Å²) in [5, 5.41) is 10.8. The minimum Gasteiger partial charge on any atom is -0.544 e. The quantitative estimate of drug-likeness (QED) is 0.719. The first-order valence-corrected chi connectivity index (χ1v) is 6.29. The Morgan fingerprint density at radius 3 is 2.61 bits per heavy atom. The molecular weight excluding hydrogens is 230 g/mol. The lowest BCUT2D eigenvalue weighted by molar-refractivity contribution is -0.929. The molecule has 1 unspecified atom stereocenters. The molecule has 4 heteroatoms. The molecule has 1 aromatic rings. The lowest BCUT2D eigenvalue weighted by atomic mass is 10.1. The van der Waals surface area contributed by atoms with Crippen LogP contribution in [-0.4, -0.2) is 25.2 Å². The van der Waals surface area contributed by atoms with Crippen molar-refractivity contribution in [2.45, 2.75) is 33.4 Å². The van der Waals surface area contributed by atoms with Gasteiger partial charge in [0.2, 0.25) is 0 Å². The van der Waals surface area contributed by atoms with Gasteiger partial charge in [-0.25, -0.2) is 0 Å². The fourth-order valence-electron chi connectivity index (χ4n) is 1.85. The van der Waals surface area contributed by atoms with Crippen molar-refractivity contribution in [3.63, 3.8) is 0 Å². The van der Waals surface area contributed by atoms with Crippen LogP contribution >= 0.6 is 0 Å². The van der Waals surface area contributed by atoms with Crippen LogP contribution in [0.2, 0.25) is 0 Å². The van der Waals surface area contributed by atoms with Gasteiger partial charge in [-0.15, -0.1) is 0 Å². The number of quaternary nitrogens is 1. The molecule has 18 heavy (non-hydrogen) atoms. The van der Waals surface area contributed by atoms with E-state index in [1.807, 2.05) is 45.0 Å². The maximum Gasteiger partial charge on any atom is 0.128 e. The smallest absolute Gasteiger partial charge is 0.128 e. The average Bonchev–Trinajstić information content (AvgIpc) is 2.30. The molecule has 1 N–H and O–H groups in total. The molecule has 0 heterocycles. The minimum absolute atomic E-state index is 0.0120. The number of ether oxygens (including phenoxy) is 1. The Balaban J connectivity index is 2.82. The standard InChI is InChI=1S/C14H21NO3/c1-4-18-13-8-6-5-7-12(13)9-15(11(2)3)10-14(16)17/h5-8,11H,4,9-10H2,1-3H3,(H,16,17). The van der Waals surface area contributed by atoms with Crippen molar-refractivity contribution in [2.75, 3.05) is 13.2 Å². The predicted molar refractivity (Wildman–Crippen MR) is 67.3 cm³/mol. The highest BCUT2D eigenvalue weighted by atomic mass is 16.5. The Morgan fingerprint density at radius 1 is 1.39 bits per heavy atom. The zero-order chi connectivity index (χ0) is 13.5. The first kappa shape index (κ1) is 14.5. The monoisotopic (exact) mass is 251 g/mol. The molecule has 0 aromatic heterocycles. The van der Waals surface area contributed by atoms with Crippen molar-refractivity contribution in [1.29, 1.82) is 0 Å². The number of hydrogen-bond acceptors (Lipinski definition) is 3. The molecule has 0 spiro atoms. The van der Waals surface area contributed by atoms with Gasteiger partial charge in [0.15, 0.2) is 0 Å². The van der Waals surface area contributed by atoms with Crippen molar-refractivity contribution in [2.24, 2.45) is 0 Å². The van der Waals surface area contributed by atoms with Gasteiger partial charge in [-0.1, -0.05) is 12.1 Å². The lowest BCUT2D eigenvalue weighted by Gasteiger charge is -2.24. The molecule has 0 aliphatic rings. The van der Waals surface area contributed by atoms with E-state index < -0.39 is 5.97 Å². The van der Waals surface area contributed by atoms with Gasteiger partial charge in [0.05, 0.1) is 18.6 Å². The number of carboxylic acids is 1. The number of carbonyl (C=O) groups excluding carboxylic acids is 1. The Kier molecular flexibility index (Phi) is 5.65. The second kappa shape index (κ2) is 7.01. The Labute approximate surface area is 108 Å². The summed E-state index contributed by atoms with van der Waals surface area (Å²) in [5.74, 6) is -0.191. The van der Waals surface area contributed by atoms with Gasteiger partial charge in [0, 0.05) is 5.56 Å². The largest absolute Gasteiger partial charge is 0.544 e. The third-order valence-electron chi connectivity index (χ3n) is 2.88. The van der Waals surface area contributed by atoms with Crippen LogP contribution in [-0.2, 0) is 11.3 Å². The van der Waals surface area contributed by atoms with E-state index in [0.29, 0.717) is 13.2 Å². The van der Waals surface area contributed by atoms with Crippen molar-refractivity contribution < 1.29 is 19.5 Å². The van der Waals surface area contributed by atoms with Crippen LogP contribution in [0, 0.1) is 0 Å². The second-order valence-electron chi connectivity index (χ2n) is 4.58. The predicted octanol–water partition coefficient (Wildman–Crippen LogP) is -0.371. The summed E-state index contributed by atoms with van der Waals surface area (Å²) >= 11 is 0. The molecule has 1 rings (SSSR count). The van der Waals surface area contributed by atoms with Gasteiger partial charge in [-0.3, -0.25) is 0 Å². The SMILES string of the molecule is CCOc1ccccc1C[NH+](CC(=O)[O-])C(C)C. The average molecular weight is 251 g/mol. The molecule has 0 aliphatic carbocycles. The fraction of sp³-hybridized carbons (Fsp3) is 0.500. The summed E-state index contributed by atoms with van der Waals surface area (Å²) < 4.78 is 5.55. The molecule has 1 atom stereocenters. The molecule has 1 aromatic carbocycles. The molecule has 4 nitrogen and oxygen atoms in total. The molecule has 0 amide bonds. The third-order valence-corrected chi connectivity index (χ3v) is 2.88. The molecule has 0 saturated heterocycles. The number of aliphatic carboxylic acids is 1. The van der Waals surface area contributed by atoms with Crippen LogP contribution in [0.3, 0.4) is 0 Å². The maximum atomic E-state index is 10.8. The van der Waals surface area contributed by atoms with E-state index in [2.05, 4.69) is 0 Å². The van der Waals surface area contributed by atoms with Gasteiger partial charge < -0.3 is 19.5 Å². The second-order valence-corrected chi connectivity index (χ2v) is 4.58. The molecular formula is C14H21NO3. The van der Waals surface area contributed by atoms with E-state index in [4.69, 9.17) is 4.74 Å². The summed E-state index contributed by atoms with van der Waals surface area (Å²) in [6.45, 7) is 7.18. The van der Waals surface area contributed by atoms with E-state index in [0.717, 1.165) is 16.2 Å². The van der Waals surface area contributed by atoms with Crippen LogP contribution in [0.1, 0.15) is 26.3 Å². The highest BCUT2D eigenvalue weighted by molar-refractivity contribution is 5.65. The van der Waals surface area contributed by atoms with Gasteiger partial charge in [-0.05, 0) is 32.9 Å².